The van der Waals surface area contributed by atoms with E-state index in [0.29, 0.717) is 7.48 Å². The molecule has 0 radical (unpaired) electrons. The van der Waals surface area contributed by atoms with Gasteiger partial charge in [-0.2, -0.15) is 5.10 Å². The standard InChI is InChI=1S/C8H13BN2O2/c1-6-4-10-11(7(6)2)5-8(12)13-9-3/h4,9H,5H2,1-3H3. The third kappa shape index (κ3) is 2.34. The van der Waals surface area contributed by atoms with E-state index in [1.54, 1.807) is 17.7 Å². The molecule has 0 fully saturated rings. The van der Waals surface area contributed by atoms with E-state index >= 15 is 0 Å². The molecule has 0 aliphatic rings. The minimum absolute atomic E-state index is 0.202. The van der Waals surface area contributed by atoms with Crippen LogP contribution in [0.4, 0.5) is 0 Å². The fourth-order valence-electron chi connectivity index (χ4n) is 1.03. The highest BCUT2D eigenvalue weighted by Gasteiger charge is 2.07. The van der Waals surface area contributed by atoms with E-state index in [4.69, 9.17) is 4.65 Å². The smallest absolute Gasteiger partial charge is 0.340 e. The quantitative estimate of drug-likeness (QED) is 0.634. The molecule has 5 heteroatoms. The van der Waals surface area contributed by atoms with Crippen LogP contribution in [0.1, 0.15) is 11.3 Å². The van der Waals surface area contributed by atoms with E-state index in [1.807, 2.05) is 13.8 Å². The zero-order chi connectivity index (χ0) is 9.84. The van der Waals surface area contributed by atoms with Gasteiger partial charge in [0.05, 0.1) is 6.20 Å². The molecule has 1 rings (SSSR count). The third-order valence-corrected chi connectivity index (χ3v) is 1.93. The number of carbonyl (C=O) groups is 1. The Bertz CT molecular complexity index is 309. The molecule has 0 spiro atoms. The van der Waals surface area contributed by atoms with E-state index in [2.05, 4.69) is 5.10 Å². The average Bonchev–Trinajstić information content (AvgIpc) is 2.37. The first kappa shape index (κ1) is 9.83. The van der Waals surface area contributed by atoms with Crippen molar-refractivity contribution >= 4 is 13.5 Å². The molecular formula is C8H13BN2O2. The summed E-state index contributed by atoms with van der Waals surface area (Å²) in [5.41, 5.74) is 2.09. The summed E-state index contributed by atoms with van der Waals surface area (Å²) in [4.78, 5) is 11.1. The monoisotopic (exact) mass is 180 g/mol. The molecule has 1 aromatic heterocycles. The summed E-state index contributed by atoms with van der Waals surface area (Å²) in [5.74, 6) is -0.242. The first-order valence-electron chi connectivity index (χ1n) is 4.29. The molecule has 0 saturated heterocycles. The van der Waals surface area contributed by atoms with Gasteiger partial charge in [-0.25, -0.2) is 0 Å². The maximum absolute atomic E-state index is 11.1. The topological polar surface area (TPSA) is 44.1 Å². The highest BCUT2D eigenvalue weighted by atomic mass is 16.5. The summed E-state index contributed by atoms with van der Waals surface area (Å²) in [5, 5.41) is 4.05. The van der Waals surface area contributed by atoms with Crippen LogP contribution in [0.25, 0.3) is 0 Å². The van der Waals surface area contributed by atoms with Gasteiger partial charge in [-0.1, -0.05) is 6.82 Å². The minimum Gasteiger partial charge on any atom is -0.539 e. The van der Waals surface area contributed by atoms with Crippen LogP contribution in [0, 0.1) is 13.8 Å². The summed E-state index contributed by atoms with van der Waals surface area (Å²) in [6.07, 6.45) is 1.74. The molecule has 0 atom stereocenters. The van der Waals surface area contributed by atoms with Crippen LogP contribution in [-0.2, 0) is 16.0 Å². The SMILES string of the molecule is CBOC(=O)Cn1ncc(C)c1C. The number of rotatable bonds is 3. The first-order chi connectivity index (χ1) is 6.15. The molecule has 4 nitrogen and oxygen atoms in total. The first-order valence-corrected chi connectivity index (χ1v) is 4.29. The predicted molar refractivity (Wildman–Crippen MR) is 50.8 cm³/mol. The lowest BCUT2D eigenvalue weighted by Crippen LogP contribution is -2.16. The lowest BCUT2D eigenvalue weighted by Gasteiger charge is -2.04. The van der Waals surface area contributed by atoms with E-state index in [-0.39, 0.29) is 12.5 Å². The summed E-state index contributed by atoms with van der Waals surface area (Å²) in [6, 6.07) is 0. The maximum Gasteiger partial charge on any atom is 0.340 e. The van der Waals surface area contributed by atoms with Crippen LogP contribution in [0.5, 0.6) is 0 Å². The van der Waals surface area contributed by atoms with Gasteiger partial charge in [0.25, 0.3) is 0 Å². The maximum atomic E-state index is 11.1. The van der Waals surface area contributed by atoms with Crippen molar-refractivity contribution in [3.05, 3.63) is 17.5 Å². The van der Waals surface area contributed by atoms with Crippen LogP contribution < -0.4 is 0 Å². The van der Waals surface area contributed by atoms with Gasteiger partial charge in [-0.05, 0) is 19.4 Å². The van der Waals surface area contributed by atoms with E-state index < -0.39 is 0 Å². The molecule has 1 aromatic rings. The molecule has 0 N–H and O–H groups in total. The van der Waals surface area contributed by atoms with Crippen LogP contribution >= 0.6 is 0 Å². The highest BCUT2D eigenvalue weighted by molar-refractivity contribution is 6.28. The Kier molecular flexibility index (Phi) is 3.11. The summed E-state index contributed by atoms with van der Waals surface area (Å²) >= 11 is 0. The molecule has 13 heavy (non-hydrogen) atoms. The Morgan fingerprint density at radius 2 is 2.38 bits per heavy atom. The van der Waals surface area contributed by atoms with Crippen molar-refractivity contribution in [3.8, 4) is 0 Å². The number of nitrogens with zero attached hydrogens (tertiary/aromatic N) is 2. The fourth-order valence-corrected chi connectivity index (χ4v) is 1.03. The Hall–Kier alpha value is -1.26. The predicted octanol–water partition coefficient (Wildman–Crippen LogP) is 0.443. The van der Waals surface area contributed by atoms with Gasteiger partial charge in [-0.15, -0.1) is 0 Å². The molecular weight excluding hydrogens is 167 g/mol. The van der Waals surface area contributed by atoms with Crippen molar-refractivity contribution < 1.29 is 9.45 Å². The van der Waals surface area contributed by atoms with E-state index in [9.17, 15) is 4.79 Å². The molecule has 1 heterocycles. The van der Waals surface area contributed by atoms with Crippen molar-refractivity contribution in [2.75, 3.05) is 0 Å². The third-order valence-electron chi connectivity index (χ3n) is 1.93. The normalized spacial score (nSPS) is 9.77. The van der Waals surface area contributed by atoms with Gasteiger partial charge in [0.2, 0.25) is 0 Å². The fraction of sp³-hybridized carbons (Fsp3) is 0.500. The van der Waals surface area contributed by atoms with Crippen molar-refractivity contribution in [2.24, 2.45) is 0 Å². The molecule has 0 saturated carbocycles. The summed E-state index contributed by atoms with van der Waals surface area (Å²) in [6.45, 7) is 5.89. The second-order valence-electron chi connectivity index (χ2n) is 2.88. The van der Waals surface area contributed by atoms with Gasteiger partial charge in [0, 0.05) is 5.69 Å². The van der Waals surface area contributed by atoms with Crippen LogP contribution in [0.2, 0.25) is 6.82 Å². The Morgan fingerprint density at radius 3 is 2.85 bits per heavy atom. The lowest BCUT2D eigenvalue weighted by molar-refractivity contribution is -0.135. The summed E-state index contributed by atoms with van der Waals surface area (Å²) in [7, 11) is 0.415. The molecule has 0 bridgehead atoms. The van der Waals surface area contributed by atoms with Crippen LogP contribution in [-0.4, -0.2) is 23.2 Å². The second-order valence-corrected chi connectivity index (χ2v) is 2.88. The number of aromatic nitrogens is 2. The van der Waals surface area contributed by atoms with Gasteiger partial charge < -0.3 is 4.65 Å². The number of hydrogen-bond donors (Lipinski definition) is 0. The van der Waals surface area contributed by atoms with Crippen molar-refractivity contribution in [2.45, 2.75) is 27.2 Å². The van der Waals surface area contributed by atoms with Crippen molar-refractivity contribution in [3.63, 3.8) is 0 Å². The summed E-state index contributed by atoms with van der Waals surface area (Å²) < 4.78 is 6.46. The number of aryl methyl sites for hydroxylation is 1. The van der Waals surface area contributed by atoms with Crippen LogP contribution in [0.3, 0.4) is 0 Å². The zero-order valence-corrected chi connectivity index (χ0v) is 8.20. The molecule has 0 aliphatic heterocycles. The number of carbonyl (C=O) groups excluding carboxylic acids is 1. The molecule has 0 amide bonds. The van der Waals surface area contributed by atoms with Crippen molar-refractivity contribution in [1.82, 2.24) is 9.78 Å². The highest BCUT2D eigenvalue weighted by Crippen LogP contribution is 2.04. The van der Waals surface area contributed by atoms with Gasteiger partial charge in [0.15, 0.2) is 0 Å². The Labute approximate surface area is 78.2 Å². The Morgan fingerprint density at radius 1 is 1.69 bits per heavy atom. The van der Waals surface area contributed by atoms with Gasteiger partial charge >= 0.3 is 13.5 Å². The molecule has 0 aromatic carbocycles. The number of hydrogen-bond acceptors (Lipinski definition) is 3. The second kappa shape index (κ2) is 4.12. The van der Waals surface area contributed by atoms with Crippen molar-refractivity contribution in [1.29, 1.82) is 0 Å². The zero-order valence-electron chi connectivity index (χ0n) is 8.20. The van der Waals surface area contributed by atoms with Gasteiger partial charge in [-0.3, -0.25) is 9.48 Å². The lowest BCUT2D eigenvalue weighted by atomic mass is 10.1. The van der Waals surface area contributed by atoms with E-state index in [1.165, 1.54) is 0 Å². The molecule has 0 unspecified atom stereocenters. The van der Waals surface area contributed by atoms with Gasteiger partial charge in [0.1, 0.15) is 6.54 Å². The van der Waals surface area contributed by atoms with E-state index in [0.717, 1.165) is 11.3 Å². The minimum atomic E-state index is -0.242. The average molecular weight is 180 g/mol. The molecule has 0 aliphatic carbocycles. The largest absolute Gasteiger partial charge is 0.539 e. The molecule has 70 valence electrons. The Balaban J connectivity index is 2.64. The van der Waals surface area contributed by atoms with Crippen LogP contribution in [0.15, 0.2) is 6.20 Å².